The molecule has 0 bridgehead atoms. The Bertz CT molecular complexity index is 1060. The van der Waals surface area contributed by atoms with Crippen LogP contribution in [0.5, 0.6) is 0 Å². The molecule has 0 aliphatic rings. The lowest BCUT2D eigenvalue weighted by molar-refractivity contribution is 0.130. The monoisotopic (exact) mass is 431 g/mol. The van der Waals surface area contributed by atoms with Gasteiger partial charge in [-0.25, -0.2) is 0 Å². The Balaban J connectivity index is 1.82. The Morgan fingerprint density at radius 1 is 1.07 bits per heavy atom. The van der Waals surface area contributed by atoms with Crippen LogP contribution in [-0.2, 0) is 16.3 Å². The number of aromatic nitrogens is 1. The van der Waals surface area contributed by atoms with Crippen molar-refractivity contribution in [1.29, 1.82) is 0 Å². The highest BCUT2D eigenvalue weighted by atomic mass is 35.5. The van der Waals surface area contributed by atoms with E-state index in [9.17, 15) is 0 Å². The molecule has 0 unspecified atom stereocenters. The Hall–Kier alpha value is -2.83. The third kappa shape index (κ3) is 5.16. The van der Waals surface area contributed by atoms with Gasteiger partial charge in [-0.1, -0.05) is 69.0 Å². The first kappa shape index (κ1) is 20.9. The molecule has 6 nitrogen and oxygen atoms in total. The fourth-order valence-corrected chi connectivity index (χ4v) is 2.94. The number of hydrogen-bond donors (Lipinski definition) is 0. The molecule has 3 aromatic rings. The average molecular weight is 432 g/mol. The van der Waals surface area contributed by atoms with Crippen LogP contribution in [-0.4, -0.2) is 23.7 Å². The van der Waals surface area contributed by atoms with Gasteiger partial charge in [-0.3, -0.25) is 0 Å². The van der Waals surface area contributed by atoms with Crippen LogP contribution in [0, 0.1) is 6.92 Å². The zero-order valence-electron chi connectivity index (χ0n) is 16.1. The number of aryl methyl sites for hydroxylation is 1. The van der Waals surface area contributed by atoms with Crippen molar-refractivity contribution >= 4 is 34.6 Å². The van der Waals surface area contributed by atoms with Crippen LogP contribution in [0.3, 0.4) is 0 Å². The minimum absolute atomic E-state index is 0.227. The van der Waals surface area contributed by atoms with E-state index in [0.29, 0.717) is 27.2 Å². The third-order valence-corrected chi connectivity index (χ3v) is 4.81. The summed E-state index contributed by atoms with van der Waals surface area (Å²) < 4.78 is 5.36. The Labute approximate surface area is 178 Å². The van der Waals surface area contributed by atoms with Crippen LogP contribution < -0.4 is 0 Å². The van der Waals surface area contributed by atoms with Crippen molar-refractivity contribution in [3.63, 3.8) is 0 Å². The highest BCUT2D eigenvalue weighted by Crippen LogP contribution is 2.23. The normalized spacial score (nSPS) is 12.2. The maximum Gasteiger partial charge on any atom is 0.189 e. The average Bonchev–Trinajstić information content (AvgIpc) is 3.14. The molecule has 0 saturated carbocycles. The highest BCUT2D eigenvalue weighted by molar-refractivity contribution is 6.42. The van der Waals surface area contributed by atoms with E-state index in [-0.39, 0.29) is 6.61 Å². The lowest BCUT2D eigenvalue weighted by Crippen LogP contribution is -2.08. The van der Waals surface area contributed by atoms with Crippen molar-refractivity contribution < 1.29 is 14.2 Å². The molecule has 0 spiro atoms. The predicted molar refractivity (Wildman–Crippen MR) is 114 cm³/mol. The molecule has 1 aromatic heterocycles. The van der Waals surface area contributed by atoms with E-state index >= 15 is 0 Å². The van der Waals surface area contributed by atoms with Crippen LogP contribution >= 0.6 is 23.2 Å². The van der Waals surface area contributed by atoms with E-state index < -0.39 is 0 Å². The minimum Gasteiger partial charge on any atom is -0.399 e. The molecular weight excluding hydrogens is 413 g/mol. The zero-order valence-corrected chi connectivity index (χ0v) is 17.7. The van der Waals surface area contributed by atoms with Crippen molar-refractivity contribution in [3.8, 4) is 0 Å². The number of benzene rings is 2. The van der Waals surface area contributed by atoms with Gasteiger partial charge in [-0.05, 0) is 26.0 Å². The number of oxime groups is 2. The smallest absolute Gasteiger partial charge is 0.189 e. The van der Waals surface area contributed by atoms with E-state index in [2.05, 4.69) is 15.5 Å². The topological polar surface area (TPSA) is 69.2 Å². The van der Waals surface area contributed by atoms with Crippen molar-refractivity contribution in [3.05, 3.63) is 86.7 Å². The lowest BCUT2D eigenvalue weighted by Gasteiger charge is -2.09. The van der Waals surface area contributed by atoms with Gasteiger partial charge < -0.3 is 14.2 Å². The standard InChI is InChI=1S/C21H19Cl2N3O3/c1-13-10-20(29-24-13)21(26-27-3)17-7-5-4-6-16(17)12-28-25-14(2)15-8-9-18(22)19(23)11-15/h4-11H,12H2,1-3H3. The molecule has 0 atom stereocenters. The van der Waals surface area contributed by atoms with Gasteiger partial charge in [0.15, 0.2) is 11.5 Å². The first-order valence-corrected chi connectivity index (χ1v) is 9.50. The summed E-state index contributed by atoms with van der Waals surface area (Å²) in [5.41, 5.74) is 4.44. The number of nitrogens with zero attached hydrogens (tertiary/aromatic N) is 3. The van der Waals surface area contributed by atoms with Crippen LogP contribution in [0.2, 0.25) is 10.0 Å². The second-order valence-corrected chi connectivity index (χ2v) is 7.01. The summed E-state index contributed by atoms with van der Waals surface area (Å²) in [7, 11) is 1.48. The van der Waals surface area contributed by atoms with Crippen molar-refractivity contribution in [2.75, 3.05) is 7.11 Å². The lowest BCUT2D eigenvalue weighted by atomic mass is 10.0. The van der Waals surface area contributed by atoms with Crippen molar-refractivity contribution in [2.45, 2.75) is 20.5 Å². The number of halogens is 2. The molecule has 0 amide bonds. The molecule has 0 aliphatic heterocycles. The van der Waals surface area contributed by atoms with Gasteiger partial charge in [-0.2, -0.15) is 0 Å². The highest BCUT2D eigenvalue weighted by Gasteiger charge is 2.17. The molecule has 1 heterocycles. The van der Waals surface area contributed by atoms with Crippen LogP contribution in [0.4, 0.5) is 0 Å². The summed E-state index contributed by atoms with van der Waals surface area (Å²) in [6, 6.07) is 14.7. The fraction of sp³-hybridized carbons (Fsp3) is 0.190. The van der Waals surface area contributed by atoms with E-state index in [1.165, 1.54) is 7.11 Å². The van der Waals surface area contributed by atoms with E-state index in [0.717, 1.165) is 22.4 Å². The van der Waals surface area contributed by atoms with Crippen LogP contribution in [0.15, 0.2) is 63.4 Å². The van der Waals surface area contributed by atoms with Gasteiger partial charge >= 0.3 is 0 Å². The third-order valence-electron chi connectivity index (χ3n) is 4.08. The van der Waals surface area contributed by atoms with Gasteiger partial charge in [0.1, 0.15) is 13.7 Å². The summed E-state index contributed by atoms with van der Waals surface area (Å²) in [4.78, 5) is 10.6. The molecule has 0 radical (unpaired) electrons. The Kier molecular flexibility index (Phi) is 6.90. The van der Waals surface area contributed by atoms with Gasteiger partial charge in [0, 0.05) is 22.8 Å². The molecule has 0 N–H and O–H groups in total. The van der Waals surface area contributed by atoms with Gasteiger partial charge in [0.2, 0.25) is 0 Å². The maximum atomic E-state index is 6.07. The molecular formula is C21H19Cl2N3O3. The molecule has 150 valence electrons. The maximum absolute atomic E-state index is 6.07. The van der Waals surface area contributed by atoms with E-state index in [1.807, 2.05) is 44.2 Å². The van der Waals surface area contributed by atoms with E-state index in [4.69, 9.17) is 37.4 Å². The Morgan fingerprint density at radius 2 is 1.86 bits per heavy atom. The van der Waals surface area contributed by atoms with Crippen molar-refractivity contribution in [1.82, 2.24) is 5.16 Å². The van der Waals surface area contributed by atoms with Crippen molar-refractivity contribution in [2.24, 2.45) is 10.3 Å². The molecule has 3 rings (SSSR count). The largest absolute Gasteiger partial charge is 0.399 e. The first-order valence-electron chi connectivity index (χ1n) is 8.74. The van der Waals surface area contributed by atoms with Gasteiger partial charge in [0.05, 0.1) is 21.5 Å². The summed E-state index contributed by atoms with van der Waals surface area (Å²) in [5, 5.41) is 13.2. The quantitative estimate of drug-likeness (QED) is 0.359. The second-order valence-electron chi connectivity index (χ2n) is 6.19. The fourth-order valence-electron chi connectivity index (χ4n) is 2.64. The van der Waals surface area contributed by atoms with Gasteiger partial charge in [0.25, 0.3) is 0 Å². The van der Waals surface area contributed by atoms with E-state index in [1.54, 1.807) is 18.2 Å². The predicted octanol–water partition coefficient (Wildman–Crippen LogP) is 5.63. The molecule has 8 heteroatoms. The molecule has 0 saturated heterocycles. The SMILES string of the molecule is CON=C(c1cc(C)no1)c1ccccc1CON=C(C)c1ccc(Cl)c(Cl)c1. The molecule has 0 fully saturated rings. The summed E-state index contributed by atoms with van der Waals surface area (Å²) in [5.74, 6) is 0.507. The summed E-state index contributed by atoms with van der Waals surface area (Å²) in [6.45, 7) is 3.90. The summed E-state index contributed by atoms with van der Waals surface area (Å²) in [6.07, 6.45) is 0. The minimum atomic E-state index is 0.227. The van der Waals surface area contributed by atoms with Gasteiger partial charge in [-0.15, -0.1) is 0 Å². The summed E-state index contributed by atoms with van der Waals surface area (Å²) >= 11 is 12.0. The van der Waals surface area contributed by atoms with Crippen LogP contribution in [0.1, 0.15) is 35.1 Å². The molecule has 0 aliphatic carbocycles. The second kappa shape index (κ2) is 9.58. The number of hydrogen-bond acceptors (Lipinski definition) is 6. The number of rotatable bonds is 7. The zero-order chi connectivity index (χ0) is 20.8. The molecule has 2 aromatic carbocycles. The van der Waals surface area contributed by atoms with Crippen LogP contribution in [0.25, 0.3) is 0 Å². The first-order chi connectivity index (χ1) is 14.0. The molecule has 29 heavy (non-hydrogen) atoms. The Morgan fingerprint density at radius 3 is 2.55 bits per heavy atom.